The fourth-order valence-corrected chi connectivity index (χ4v) is 9.86. The number of amides is 4. The first-order valence-electron chi connectivity index (χ1n) is 21.5. The first-order chi connectivity index (χ1) is 29.7. The maximum absolute atomic E-state index is 15.2. The molecule has 312 valence electrons. The van der Waals surface area contributed by atoms with Gasteiger partial charge in [-0.2, -0.15) is 0 Å². The van der Waals surface area contributed by atoms with Crippen molar-refractivity contribution in [2.75, 3.05) is 23.0 Å². The first kappa shape index (κ1) is 40.6. The van der Waals surface area contributed by atoms with Crippen LogP contribution < -0.4 is 19.3 Å². The Labute approximate surface area is 361 Å². The number of hydrogen-bond acceptors (Lipinski definition) is 6. The summed E-state index contributed by atoms with van der Waals surface area (Å²) >= 11 is 0. The number of para-hydroxylation sites is 2. The third-order valence-corrected chi connectivity index (χ3v) is 12.6. The van der Waals surface area contributed by atoms with Gasteiger partial charge in [0.25, 0.3) is 23.6 Å². The number of hydrogen-bond donors (Lipinski definition) is 0. The highest BCUT2D eigenvalue weighted by Crippen LogP contribution is 2.53. The lowest BCUT2D eigenvalue weighted by Crippen LogP contribution is -2.42. The maximum Gasteiger partial charge on any atom is 0.266 e. The van der Waals surface area contributed by atoms with E-state index in [0.29, 0.717) is 88.2 Å². The zero-order valence-electron chi connectivity index (χ0n) is 36.6. The van der Waals surface area contributed by atoms with Crippen LogP contribution in [0.5, 0.6) is 11.5 Å². The average Bonchev–Trinajstić information content (AvgIpc) is 3.25. The van der Waals surface area contributed by atoms with Crippen LogP contribution >= 0.6 is 0 Å². The van der Waals surface area contributed by atoms with Gasteiger partial charge in [-0.1, -0.05) is 129 Å². The highest BCUT2D eigenvalue weighted by molar-refractivity contribution is 6.46. The molecular formula is C54H50N2O6. The number of fused-ring (bicyclic) bond motifs is 2. The number of nitrogens with zero attached hydrogens (tertiary/aromatic N) is 2. The first-order valence-corrected chi connectivity index (χ1v) is 21.5. The SMILES string of the molecule is C=CCOc1cc2c3c(ccc4c5c(OCC=C)cc6c7c(ccc(c1c34)c75)C(=O)N(c1c(C(C)C)cccc1C(C)C)C6=O)C(=O)N(c1c(C(C)C)cccc1C(C)C)C2=O. The van der Waals surface area contributed by atoms with Gasteiger partial charge in [-0.3, -0.25) is 19.2 Å². The van der Waals surface area contributed by atoms with E-state index < -0.39 is 23.6 Å². The van der Waals surface area contributed by atoms with Gasteiger partial charge in [-0.25, -0.2) is 9.80 Å². The molecule has 8 nitrogen and oxygen atoms in total. The van der Waals surface area contributed by atoms with E-state index in [4.69, 9.17) is 9.47 Å². The summed E-state index contributed by atoms with van der Waals surface area (Å²) in [5.41, 5.74) is 6.29. The molecule has 0 N–H and O–H groups in total. The van der Waals surface area contributed by atoms with Gasteiger partial charge in [0.15, 0.2) is 0 Å². The van der Waals surface area contributed by atoms with Crippen LogP contribution in [-0.4, -0.2) is 36.8 Å². The van der Waals surface area contributed by atoms with Crippen LogP contribution in [0.2, 0.25) is 0 Å². The number of carbonyl (C=O) groups excluding carboxylic acids is 4. The second-order valence-corrected chi connectivity index (χ2v) is 17.7. The van der Waals surface area contributed by atoms with Gasteiger partial charge in [0.05, 0.1) is 22.5 Å². The second-order valence-electron chi connectivity index (χ2n) is 17.7. The zero-order chi connectivity index (χ0) is 44.0. The number of carbonyl (C=O) groups is 4. The molecule has 4 amide bonds. The van der Waals surface area contributed by atoms with Crippen LogP contribution in [0.1, 0.15) is 143 Å². The Bertz CT molecular complexity index is 2850. The van der Waals surface area contributed by atoms with Gasteiger partial charge in [0, 0.05) is 43.4 Å². The summed E-state index contributed by atoms with van der Waals surface area (Å²) in [6, 6.07) is 22.8. The molecule has 0 aliphatic carbocycles. The molecule has 9 rings (SSSR count). The van der Waals surface area contributed by atoms with E-state index in [1.54, 1.807) is 36.4 Å². The summed E-state index contributed by atoms with van der Waals surface area (Å²) < 4.78 is 13.0. The molecule has 0 radical (unpaired) electrons. The molecule has 0 spiro atoms. The maximum atomic E-state index is 15.2. The quantitative estimate of drug-likeness (QED) is 0.0527. The van der Waals surface area contributed by atoms with Crippen molar-refractivity contribution in [3.05, 3.63) is 143 Å². The van der Waals surface area contributed by atoms with E-state index in [1.807, 2.05) is 48.5 Å². The fourth-order valence-electron chi connectivity index (χ4n) is 9.86. The van der Waals surface area contributed by atoms with Crippen LogP contribution in [-0.2, 0) is 0 Å². The van der Waals surface area contributed by atoms with Crippen molar-refractivity contribution in [1.29, 1.82) is 0 Å². The summed E-state index contributed by atoms with van der Waals surface area (Å²) in [5.74, 6) is -0.734. The van der Waals surface area contributed by atoms with Gasteiger partial charge in [0.2, 0.25) is 0 Å². The summed E-state index contributed by atoms with van der Waals surface area (Å²) in [7, 11) is 0. The van der Waals surface area contributed by atoms with Crippen molar-refractivity contribution in [3.63, 3.8) is 0 Å². The van der Waals surface area contributed by atoms with E-state index in [2.05, 4.69) is 68.5 Å². The van der Waals surface area contributed by atoms with Gasteiger partial charge < -0.3 is 9.47 Å². The van der Waals surface area contributed by atoms with Crippen LogP contribution in [0, 0.1) is 0 Å². The highest BCUT2D eigenvalue weighted by Gasteiger charge is 2.42. The van der Waals surface area contributed by atoms with Gasteiger partial charge in [-0.05, 0) is 81.0 Å². The molecule has 0 unspecified atom stereocenters. The van der Waals surface area contributed by atoms with Gasteiger partial charge >= 0.3 is 0 Å². The molecule has 2 aliphatic heterocycles. The van der Waals surface area contributed by atoms with Gasteiger partial charge in [0.1, 0.15) is 24.7 Å². The zero-order valence-corrected chi connectivity index (χ0v) is 36.6. The van der Waals surface area contributed by atoms with Crippen LogP contribution in [0.3, 0.4) is 0 Å². The lowest BCUT2D eigenvalue weighted by atomic mass is 9.80. The van der Waals surface area contributed by atoms with Crippen molar-refractivity contribution in [2.45, 2.75) is 79.1 Å². The Morgan fingerprint density at radius 1 is 0.452 bits per heavy atom. The third-order valence-electron chi connectivity index (χ3n) is 12.6. The van der Waals surface area contributed by atoms with Crippen molar-refractivity contribution >= 4 is 78.1 Å². The normalized spacial score (nSPS) is 14.1. The molecule has 7 aromatic carbocycles. The smallest absolute Gasteiger partial charge is 0.266 e. The number of anilines is 2. The number of benzene rings is 7. The largest absolute Gasteiger partial charge is 0.489 e. The van der Waals surface area contributed by atoms with Crippen LogP contribution in [0.4, 0.5) is 11.4 Å². The molecule has 0 fully saturated rings. The summed E-state index contributed by atoms with van der Waals surface area (Å²) in [5, 5.41) is 5.03. The van der Waals surface area contributed by atoms with Gasteiger partial charge in [-0.15, -0.1) is 0 Å². The van der Waals surface area contributed by atoms with Crippen molar-refractivity contribution in [2.24, 2.45) is 0 Å². The summed E-state index contributed by atoms with van der Waals surface area (Å²) in [6.07, 6.45) is 3.29. The molecular weight excluding hydrogens is 773 g/mol. The lowest BCUT2D eigenvalue weighted by Gasteiger charge is -2.34. The molecule has 2 aliphatic rings. The average molecular weight is 823 g/mol. The Morgan fingerprint density at radius 3 is 1.08 bits per heavy atom. The van der Waals surface area contributed by atoms with E-state index in [9.17, 15) is 0 Å². The molecule has 0 atom stereocenters. The fraction of sp³-hybridized carbons (Fsp3) is 0.259. The number of ether oxygens (including phenoxy) is 2. The molecule has 62 heavy (non-hydrogen) atoms. The monoisotopic (exact) mass is 822 g/mol. The minimum Gasteiger partial charge on any atom is -0.489 e. The topological polar surface area (TPSA) is 93.2 Å². The van der Waals surface area contributed by atoms with E-state index in [1.165, 1.54) is 9.80 Å². The molecule has 0 saturated carbocycles. The van der Waals surface area contributed by atoms with Crippen molar-refractivity contribution < 1.29 is 28.7 Å². The van der Waals surface area contributed by atoms with Crippen LogP contribution in [0.15, 0.2) is 98.1 Å². The van der Waals surface area contributed by atoms with E-state index in [0.717, 1.165) is 22.3 Å². The Balaban J connectivity index is 1.39. The Hall–Kier alpha value is -6.80. The van der Waals surface area contributed by atoms with Crippen molar-refractivity contribution in [1.82, 2.24) is 0 Å². The second kappa shape index (κ2) is 15.0. The summed E-state index contributed by atoms with van der Waals surface area (Å²) in [6.45, 7) is 24.6. The third kappa shape index (κ3) is 5.72. The predicted molar refractivity (Wildman–Crippen MR) is 251 cm³/mol. The van der Waals surface area contributed by atoms with Crippen molar-refractivity contribution in [3.8, 4) is 11.5 Å². The lowest BCUT2D eigenvalue weighted by molar-refractivity contribution is 0.0877. The predicted octanol–water partition coefficient (Wildman–Crippen LogP) is 13.0. The highest BCUT2D eigenvalue weighted by atomic mass is 16.5. The molecule has 8 heteroatoms. The molecule has 0 aromatic heterocycles. The van der Waals surface area contributed by atoms with E-state index in [-0.39, 0.29) is 36.9 Å². The molecule has 7 aromatic rings. The number of rotatable bonds is 12. The molecule has 2 heterocycles. The minimum absolute atomic E-state index is 0.0354. The molecule has 0 bridgehead atoms. The summed E-state index contributed by atoms with van der Waals surface area (Å²) in [4.78, 5) is 63.1. The molecule has 0 saturated heterocycles. The van der Waals surface area contributed by atoms with Crippen LogP contribution in [0.25, 0.3) is 43.1 Å². The minimum atomic E-state index is -0.442. The Kier molecular flexibility index (Phi) is 9.81. The standard InChI is InChI=1S/C54H50N2O6/c1-11-23-61-41-25-39-43-37(51(57)55(53(39)59)49-31(27(3)4)15-13-16-32(49)28(5)6)22-20-36-46-42(62-24-12-2)26-40-44-38(21-19-35(48(44)46)45(41)47(36)43)52(58)56(54(40)60)50-33(29(7)8)17-14-18-34(50)30(9)10/h11-22,25-30H,1-2,23-24H2,3-10H3. The van der Waals surface area contributed by atoms with E-state index >= 15 is 19.2 Å². The Morgan fingerprint density at radius 2 is 0.774 bits per heavy atom. The number of imide groups is 2.